The Morgan fingerprint density at radius 2 is 2.00 bits per heavy atom. The quantitative estimate of drug-likeness (QED) is 0.455. The highest BCUT2D eigenvalue weighted by Gasteiger charge is 2.08. The maximum absolute atomic E-state index is 4.65. The van der Waals surface area contributed by atoms with Crippen molar-refractivity contribution >= 4 is 17.3 Å². The first-order valence-corrected chi connectivity index (χ1v) is 9.12. The van der Waals surface area contributed by atoms with Gasteiger partial charge in [0.05, 0.1) is 17.2 Å². The summed E-state index contributed by atoms with van der Waals surface area (Å²) >= 11 is 1.72. The third-order valence-corrected chi connectivity index (χ3v) is 4.87. The summed E-state index contributed by atoms with van der Waals surface area (Å²) in [5.41, 5.74) is 1.09. The number of rotatable bonds is 7. The molecule has 2 N–H and O–H groups in total. The number of nitrogens with one attached hydrogen (secondary N) is 2. The highest BCUT2D eigenvalue weighted by Crippen LogP contribution is 2.16. The van der Waals surface area contributed by atoms with Gasteiger partial charge in [-0.1, -0.05) is 13.3 Å². The zero-order valence-corrected chi connectivity index (χ0v) is 16.0. The Morgan fingerprint density at radius 1 is 1.21 bits per heavy atom. The van der Waals surface area contributed by atoms with E-state index in [1.165, 1.54) is 4.88 Å². The highest BCUT2D eigenvalue weighted by molar-refractivity contribution is 7.11. The summed E-state index contributed by atoms with van der Waals surface area (Å²) in [6.07, 6.45) is 2.26. The van der Waals surface area contributed by atoms with Gasteiger partial charge >= 0.3 is 0 Å². The van der Waals surface area contributed by atoms with Crippen LogP contribution in [0.3, 0.4) is 0 Å². The fourth-order valence-corrected chi connectivity index (χ4v) is 3.07. The second kappa shape index (κ2) is 8.77. The Balaban J connectivity index is 2.01. The summed E-state index contributed by atoms with van der Waals surface area (Å²) in [5.74, 6) is 2.55. The van der Waals surface area contributed by atoms with Crippen molar-refractivity contribution < 1.29 is 0 Å². The second-order valence-electron chi connectivity index (χ2n) is 5.76. The van der Waals surface area contributed by atoms with Gasteiger partial charge in [0.1, 0.15) is 12.4 Å². The summed E-state index contributed by atoms with van der Waals surface area (Å²) in [5, 5.41) is 16.1. The van der Waals surface area contributed by atoms with Crippen molar-refractivity contribution in [1.82, 2.24) is 30.4 Å². The van der Waals surface area contributed by atoms with E-state index in [1.807, 2.05) is 32.4 Å². The molecule has 2 heterocycles. The van der Waals surface area contributed by atoms with E-state index in [0.717, 1.165) is 54.2 Å². The van der Waals surface area contributed by atoms with Crippen LogP contribution in [0.5, 0.6) is 0 Å². The van der Waals surface area contributed by atoms with Crippen molar-refractivity contribution in [3.63, 3.8) is 0 Å². The molecular formula is C16H27N7S. The van der Waals surface area contributed by atoms with Crippen LogP contribution in [0.4, 0.5) is 0 Å². The lowest BCUT2D eigenvalue weighted by molar-refractivity contribution is 0.716. The lowest BCUT2D eigenvalue weighted by atomic mass is 10.3. The van der Waals surface area contributed by atoms with Crippen molar-refractivity contribution in [3.8, 4) is 0 Å². The molecule has 2 aromatic rings. The molecule has 0 fully saturated rings. The summed E-state index contributed by atoms with van der Waals surface area (Å²) < 4.78 is 1.96. The predicted octanol–water partition coefficient (Wildman–Crippen LogP) is 2.23. The van der Waals surface area contributed by atoms with Gasteiger partial charge in [-0.2, -0.15) is 0 Å². The minimum atomic E-state index is 0.500. The average molecular weight is 350 g/mol. The van der Waals surface area contributed by atoms with E-state index in [2.05, 4.69) is 37.7 Å². The number of nitrogens with zero attached hydrogens (tertiary/aromatic N) is 5. The van der Waals surface area contributed by atoms with E-state index < -0.39 is 0 Å². The maximum atomic E-state index is 4.65. The molecule has 0 saturated heterocycles. The Labute approximate surface area is 147 Å². The molecule has 0 bridgehead atoms. The number of hydrogen-bond donors (Lipinski definition) is 2. The minimum absolute atomic E-state index is 0.500. The monoisotopic (exact) mass is 349 g/mol. The lowest BCUT2D eigenvalue weighted by Gasteiger charge is -2.12. The van der Waals surface area contributed by atoms with Gasteiger partial charge in [-0.15, -0.1) is 21.5 Å². The van der Waals surface area contributed by atoms with Crippen LogP contribution in [0.15, 0.2) is 4.99 Å². The van der Waals surface area contributed by atoms with Crippen LogP contribution in [-0.4, -0.2) is 32.3 Å². The molecule has 0 atom stereocenters. The van der Waals surface area contributed by atoms with Crippen LogP contribution in [-0.2, 0) is 20.1 Å². The van der Waals surface area contributed by atoms with Crippen LogP contribution >= 0.6 is 11.3 Å². The van der Waals surface area contributed by atoms with Gasteiger partial charge in [0.25, 0.3) is 0 Å². The predicted molar refractivity (Wildman–Crippen MR) is 98.2 cm³/mol. The number of unbranched alkanes of at least 4 members (excludes halogenated alkanes) is 1. The fraction of sp³-hybridized carbons (Fsp3) is 0.625. The third kappa shape index (κ3) is 5.02. The van der Waals surface area contributed by atoms with Crippen LogP contribution in [0, 0.1) is 20.8 Å². The fourth-order valence-electron chi connectivity index (χ4n) is 2.20. The van der Waals surface area contributed by atoms with E-state index in [4.69, 9.17) is 0 Å². The first-order chi connectivity index (χ1) is 11.5. The Kier molecular flexibility index (Phi) is 6.72. The van der Waals surface area contributed by atoms with Crippen molar-refractivity contribution in [1.29, 1.82) is 0 Å². The molecule has 7 nitrogen and oxygen atoms in total. The van der Waals surface area contributed by atoms with Gasteiger partial charge < -0.3 is 15.2 Å². The van der Waals surface area contributed by atoms with E-state index in [9.17, 15) is 0 Å². The number of hydrogen-bond acceptors (Lipinski definition) is 5. The van der Waals surface area contributed by atoms with E-state index in [-0.39, 0.29) is 0 Å². The summed E-state index contributed by atoms with van der Waals surface area (Å²) in [6.45, 7) is 10.3. The normalized spacial score (nSPS) is 11.8. The van der Waals surface area contributed by atoms with Gasteiger partial charge in [0, 0.05) is 18.5 Å². The molecule has 0 amide bonds. The molecule has 0 aliphatic heterocycles. The van der Waals surface area contributed by atoms with E-state index in [1.54, 1.807) is 11.3 Å². The number of aryl methyl sites for hydroxylation is 3. The van der Waals surface area contributed by atoms with Crippen molar-refractivity contribution in [3.05, 3.63) is 27.2 Å². The maximum Gasteiger partial charge on any atom is 0.192 e. The molecule has 0 aromatic carbocycles. The molecule has 0 aliphatic rings. The Bertz CT molecular complexity index is 687. The minimum Gasteiger partial charge on any atom is -0.356 e. The SMILES string of the molecule is CCCCNC(=NCc1nnc(C)n1C)NCc1sc(C)nc1C. The van der Waals surface area contributed by atoms with Gasteiger partial charge in [0.15, 0.2) is 11.8 Å². The van der Waals surface area contributed by atoms with Gasteiger partial charge in [0.2, 0.25) is 0 Å². The summed E-state index contributed by atoms with van der Waals surface area (Å²) in [4.78, 5) is 10.4. The smallest absolute Gasteiger partial charge is 0.192 e. The molecular weight excluding hydrogens is 322 g/mol. The Morgan fingerprint density at radius 3 is 2.58 bits per heavy atom. The summed E-state index contributed by atoms with van der Waals surface area (Å²) in [6, 6.07) is 0. The van der Waals surface area contributed by atoms with E-state index in [0.29, 0.717) is 6.54 Å². The van der Waals surface area contributed by atoms with Crippen LogP contribution < -0.4 is 10.6 Å². The number of aliphatic imine (C=N–C) groups is 1. The molecule has 8 heteroatoms. The van der Waals surface area contributed by atoms with Crippen LogP contribution in [0.2, 0.25) is 0 Å². The molecule has 0 radical (unpaired) electrons. The Hall–Kier alpha value is -1.96. The zero-order valence-electron chi connectivity index (χ0n) is 15.2. The molecule has 0 unspecified atom stereocenters. The van der Waals surface area contributed by atoms with Gasteiger partial charge in [-0.05, 0) is 27.2 Å². The molecule has 2 rings (SSSR count). The van der Waals surface area contributed by atoms with Gasteiger partial charge in [-0.25, -0.2) is 9.98 Å². The molecule has 0 spiro atoms. The van der Waals surface area contributed by atoms with Crippen molar-refractivity contribution in [2.45, 2.75) is 53.6 Å². The van der Waals surface area contributed by atoms with E-state index >= 15 is 0 Å². The summed E-state index contributed by atoms with van der Waals surface area (Å²) in [7, 11) is 1.96. The molecule has 132 valence electrons. The van der Waals surface area contributed by atoms with Crippen LogP contribution in [0.25, 0.3) is 0 Å². The molecule has 24 heavy (non-hydrogen) atoms. The largest absolute Gasteiger partial charge is 0.356 e. The van der Waals surface area contributed by atoms with Crippen molar-refractivity contribution in [2.24, 2.45) is 12.0 Å². The van der Waals surface area contributed by atoms with Crippen molar-refractivity contribution in [2.75, 3.05) is 6.54 Å². The third-order valence-electron chi connectivity index (χ3n) is 3.80. The number of guanidine groups is 1. The first kappa shape index (κ1) is 18.4. The van der Waals surface area contributed by atoms with Gasteiger partial charge in [-0.3, -0.25) is 0 Å². The molecule has 0 saturated carbocycles. The topological polar surface area (TPSA) is 80.0 Å². The average Bonchev–Trinajstić information content (AvgIpc) is 3.04. The number of aromatic nitrogens is 4. The zero-order chi connectivity index (χ0) is 17.5. The highest BCUT2D eigenvalue weighted by atomic mass is 32.1. The molecule has 0 aliphatic carbocycles. The first-order valence-electron chi connectivity index (χ1n) is 8.31. The van der Waals surface area contributed by atoms with Crippen LogP contribution in [0.1, 0.15) is 47.0 Å². The molecule has 2 aromatic heterocycles. The second-order valence-corrected chi connectivity index (χ2v) is 7.05. The lowest BCUT2D eigenvalue weighted by Crippen LogP contribution is -2.37. The standard InChI is InChI=1S/C16H27N7S/c1-6-7-8-17-16(18-9-14-11(2)20-13(4)24-14)19-10-15-22-21-12(3)23(15)5/h6-10H2,1-5H3,(H2,17,18,19). The number of thiazole rings is 1.